The van der Waals surface area contributed by atoms with Crippen LogP contribution < -0.4 is 14.8 Å². The zero-order valence-corrected chi connectivity index (χ0v) is 39.9. The quantitative estimate of drug-likeness (QED) is 0.0305. The zero-order chi connectivity index (χ0) is 48.3. The minimum absolute atomic E-state index is 0.00184. The maximum absolute atomic E-state index is 14.0. The molecule has 6 bridgehead atoms. The van der Waals surface area contributed by atoms with Crippen molar-refractivity contribution in [2.75, 3.05) is 25.6 Å². The van der Waals surface area contributed by atoms with Gasteiger partial charge in [0.1, 0.15) is 36.1 Å². The van der Waals surface area contributed by atoms with Crippen LogP contribution in [0.3, 0.4) is 0 Å². The molecule has 0 fully saturated rings. The number of nitrogens with one attached hydrogen (secondary N) is 1. The molecule has 2 heterocycles. The Morgan fingerprint density at radius 1 is 0.985 bits per heavy atom. The van der Waals surface area contributed by atoms with Gasteiger partial charge < -0.3 is 50.2 Å². The predicted molar refractivity (Wildman–Crippen MR) is 267 cm³/mol. The lowest BCUT2D eigenvalue weighted by atomic mass is 9.77. The fraction of sp³-hybridized carbons (Fsp3) is 0.456. The second kappa shape index (κ2) is 23.5. The standard InChI is InChI=1S/C57H69NO10/c1-5-6-7-10-40-22-23-67-46(28-42-27-44(61)19-17-41(42)24-39(33-59)14-13-37-9-8-11-43(25-37)58-32-36(3)60)29-45(62)18-15-38-16-21-53(66-4)54(26-38)68-34-51-47-20-12-35(2)48-31-52(63)55(40)50(56(47)48)30-49(51)57(64)65/h8-9,11-12,16-17,19-21,25-27,30-31,35-36,39-42,46,57-61,63-65H,5-7,10,13-15,18,24,28-29,32-34H2,1-4H3. The van der Waals surface area contributed by atoms with Crippen LogP contribution in [0, 0.1) is 29.8 Å². The number of aryl methyl sites for hydroxylation is 2. The van der Waals surface area contributed by atoms with Crippen LogP contribution in [-0.2, 0) is 29.0 Å². The third-order valence-electron chi connectivity index (χ3n) is 13.8. The largest absolute Gasteiger partial charge is 0.508 e. The molecule has 8 rings (SSSR count). The van der Waals surface area contributed by atoms with E-state index in [1.165, 1.54) is 0 Å². The van der Waals surface area contributed by atoms with E-state index in [0.29, 0.717) is 60.2 Å². The number of carbonyl (C=O) groups excluding carboxylic acids is 1. The number of allylic oxidation sites excluding steroid dienone is 4. The van der Waals surface area contributed by atoms with Gasteiger partial charge in [-0.05, 0) is 145 Å². The van der Waals surface area contributed by atoms with Crippen molar-refractivity contribution in [3.63, 3.8) is 0 Å². The Morgan fingerprint density at radius 2 is 1.82 bits per heavy atom. The fourth-order valence-corrected chi connectivity index (χ4v) is 10.1. The fourth-order valence-electron chi connectivity index (χ4n) is 10.1. The third-order valence-corrected chi connectivity index (χ3v) is 13.8. The Kier molecular flexibility index (Phi) is 17.3. The summed E-state index contributed by atoms with van der Waals surface area (Å²) in [7, 11) is 1.56. The highest BCUT2D eigenvalue weighted by Gasteiger charge is 2.31. The summed E-state index contributed by atoms with van der Waals surface area (Å²) in [5.74, 6) is 3.65. The highest BCUT2D eigenvalue weighted by molar-refractivity contribution is 6.01. The van der Waals surface area contributed by atoms with Crippen LogP contribution in [0.25, 0.3) is 16.8 Å². The molecule has 68 heavy (non-hydrogen) atoms. The van der Waals surface area contributed by atoms with Crippen molar-refractivity contribution < 1.29 is 49.6 Å². The number of hydrogen-bond acceptors (Lipinski definition) is 11. The number of aromatic hydroxyl groups is 1. The van der Waals surface area contributed by atoms with Gasteiger partial charge in [0.05, 0.1) is 19.1 Å². The van der Waals surface area contributed by atoms with Crippen LogP contribution in [0.4, 0.5) is 5.69 Å². The van der Waals surface area contributed by atoms with Gasteiger partial charge in [-0.25, -0.2) is 0 Å². The van der Waals surface area contributed by atoms with E-state index in [0.717, 1.165) is 65.4 Å². The van der Waals surface area contributed by atoms with Crippen LogP contribution in [-0.4, -0.2) is 68.9 Å². The van der Waals surface area contributed by atoms with Gasteiger partial charge in [-0.1, -0.05) is 75.5 Å². The van der Waals surface area contributed by atoms with E-state index in [1.807, 2.05) is 60.7 Å². The first-order valence-corrected chi connectivity index (χ1v) is 24.4. The molecule has 0 saturated carbocycles. The van der Waals surface area contributed by atoms with Gasteiger partial charge >= 0.3 is 0 Å². The van der Waals surface area contributed by atoms with E-state index in [-0.39, 0.29) is 72.6 Å². The maximum atomic E-state index is 14.0. The Morgan fingerprint density at radius 3 is 2.59 bits per heavy atom. The van der Waals surface area contributed by atoms with Gasteiger partial charge in [0.2, 0.25) is 0 Å². The van der Waals surface area contributed by atoms with Crippen LogP contribution in [0.5, 0.6) is 17.2 Å². The monoisotopic (exact) mass is 927 g/mol. The molecule has 0 spiro atoms. The van der Waals surface area contributed by atoms with Crippen LogP contribution in [0.15, 0.2) is 84.7 Å². The van der Waals surface area contributed by atoms with Gasteiger partial charge in [0.25, 0.3) is 0 Å². The molecule has 0 radical (unpaired) electrons. The normalized spacial score (nSPS) is 21.2. The van der Waals surface area contributed by atoms with Crippen molar-refractivity contribution in [1.82, 2.24) is 0 Å². The lowest BCUT2D eigenvalue weighted by Crippen LogP contribution is -2.26. The molecule has 11 nitrogen and oxygen atoms in total. The number of aliphatic hydroxyl groups is 5. The van der Waals surface area contributed by atoms with Crippen LogP contribution >= 0.6 is 0 Å². The third kappa shape index (κ3) is 12.5. The number of methoxy groups -OCH3 is 1. The Bertz CT molecular complexity index is 2550. The molecule has 7 unspecified atom stereocenters. The summed E-state index contributed by atoms with van der Waals surface area (Å²) in [6.45, 7) is 6.37. The number of phenols is 1. The average Bonchev–Trinajstić information content (AvgIpc) is 3.32. The molecule has 2 aliphatic heterocycles. The zero-order valence-electron chi connectivity index (χ0n) is 39.9. The average molecular weight is 928 g/mol. The molecule has 0 amide bonds. The first kappa shape index (κ1) is 50.1. The Balaban J connectivity index is 1.24. The lowest BCUT2D eigenvalue weighted by molar-refractivity contribution is -0.121. The second-order valence-corrected chi connectivity index (χ2v) is 19.0. The summed E-state index contributed by atoms with van der Waals surface area (Å²) in [5, 5.41) is 69.9. The number of fused-ring (bicyclic) bond motifs is 9. The second-order valence-electron chi connectivity index (χ2n) is 19.0. The Hall–Kier alpha value is -5.77. The molecular weight excluding hydrogens is 859 g/mol. The van der Waals surface area contributed by atoms with Gasteiger partial charge in [-0.2, -0.15) is 0 Å². The number of ketones is 1. The smallest absolute Gasteiger partial charge is 0.178 e. The summed E-state index contributed by atoms with van der Waals surface area (Å²) < 4.78 is 18.7. The van der Waals surface area contributed by atoms with Crippen molar-refractivity contribution in [2.45, 2.75) is 128 Å². The van der Waals surface area contributed by atoms with Gasteiger partial charge in [-0.15, -0.1) is 0 Å². The number of aliphatic hydroxyl groups excluding tert-OH is 4. The van der Waals surface area contributed by atoms with Gasteiger partial charge in [0, 0.05) is 54.3 Å². The molecule has 7 N–H and O–H groups in total. The summed E-state index contributed by atoms with van der Waals surface area (Å²) in [4.78, 5) is 14.0. The van der Waals surface area contributed by atoms with Gasteiger partial charge in [0.15, 0.2) is 17.8 Å². The number of unbranched alkanes of at least 4 members (excludes halogenated alkanes) is 2. The number of hydrogen-bond donors (Lipinski definition) is 7. The van der Waals surface area contributed by atoms with E-state index in [4.69, 9.17) is 14.2 Å². The summed E-state index contributed by atoms with van der Waals surface area (Å²) in [6.07, 6.45) is 16.2. The summed E-state index contributed by atoms with van der Waals surface area (Å²) >= 11 is 0. The number of benzene rings is 4. The SMILES string of the molecule is CCCCCC1C#COC(CC2C=C(O)C=CC2CC(CO)CCc2cccc(NCC(C)O)c2)CC(=O)CCc2ccc(OC)c(c2)OCc2c(C(O)O)cc3c1c(O)cc1c3c2C=CC1C. The minimum atomic E-state index is -1.84. The molecule has 11 heteroatoms. The van der Waals surface area contributed by atoms with Crippen molar-refractivity contribution in [3.05, 3.63) is 124 Å². The van der Waals surface area contributed by atoms with Crippen molar-refractivity contribution in [2.24, 2.45) is 17.8 Å². The number of carbonyl (C=O) groups is 1. The highest BCUT2D eigenvalue weighted by Crippen LogP contribution is 2.47. The molecular formula is C57H69NO10. The predicted octanol–water partition coefficient (Wildman–Crippen LogP) is 10.2. The number of phenolic OH excluding ortho intramolecular Hbond substituents is 1. The maximum Gasteiger partial charge on any atom is 0.178 e. The summed E-state index contributed by atoms with van der Waals surface area (Å²) in [6, 6.07) is 17.2. The molecule has 0 aromatic heterocycles. The number of ether oxygens (including phenoxy) is 3. The molecule has 362 valence electrons. The van der Waals surface area contributed by atoms with Crippen molar-refractivity contribution in [3.8, 4) is 29.3 Å². The van der Waals surface area contributed by atoms with E-state index in [2.05, 4.69) is 43.3 Å². The summed E-state index contributed by atoms with van der Waals surface area (Å²) in [5.41, 5.74) is 6.04. The number of rotatable bonds is 17. The molecule has 7 atom stereocenters. The van der Waals surface area contributed by atoms with E-state index in [1.54, 1.807) is 26.2 Å². The molecule has 0 saturated heterocycles. The first-order valence-electron chi connectivity index (χ1n) is 24.4. The number of Topliss-reactive ketones (excluding diaryl/α,β-unsaturated/α-hetero) is 1. The van der Waals surface area contributed by atoms with E-state index >= 15 is 0 Å². The molecule has 4 aromatic rings. The highest BCUT2D eigenvalue weighted by atomic mass is 16.5. The lowest BCUT2D eigenvalue weighted by Gasteiger charge is -2.30. The Labute approximate surface area is 401 Å². The topological polar surface area (TPSA) is 178 Å². The van der Waals surface area contributed by atoms with Gasteiger partial charge in [-0.3, -0.25) is 4.79 Å². The number of anilines is 1. The van der Waals surface area contributed by atoms with E-state index < -0.39 is 24.4 Å². The molecule has 4 aromatic carbocycles. The molecule has 4 aliphatic rings. The first-order chi connectivity index (χ1) is 32.8. The van der Waals surface area contributed by atoms with E-state index in [9.17, 15) is 35.4 Å². The van der Waals surface area contributed by atoms with Crippen molar-refractivity contribution >= 4 is 28.3 Å². The minimum Gasteiger partial charge on any atom is -0.508 e. The van der Waals surface area contributed by atoms with Crippen molar-refractivity contribution in [1.29, 1.82) is 0 Å². The van der Waals surface area contributed by atoms with Crippen LogP contribution in [0.2, 0.25) is 0 Å². The molecule has 2 aliphatic carbocycles. The van der Waals surface area contributed by atoms with Crippen LogP contribution in [0.1, 0.15) is 136 Å².